The molecule has 1 nitrogen and oxygen atoms in total. The maximum absolute atomic E-state index is 5.38. The first-order chi connectivity index (χ1) is 9.30. The number of hydrogen-bond acceptors (Lipinski definition) is 1. The molecule has 1 aliphatic carbocycles. The zero-order valence-electron chi connectivity index (χ0n) is 13.8. The molecular weight excluding hydrogens is 244 g/mol. The van der Waals surface area contributed by atoms with E-state index in [1.54, 1.807) is 7.11 Å². The number of hydrogen-bond donors (Lipinski definition) is 0. The summed E-state index contributed by atoms with van der Waals surface area (Å²) in [6, 6.07) is 8.45. The summed E-state index contributed by atoms with van der Waals surface area (Å²) in [6.45, 7) is 13.7. The van der Waals surface area contributed by atoms with E-state index in [9.17, 15) is 0 Å². The minimum atomic E-state index is 0.00866. The van der Waals surface area contributed by atoms with Crippen molar-refractivity contribution in [2.75, 3.05) is 7.11 Å². The van der Waals surface area contributed by atoms with Gasteiger partial charge in [0.1, 0.15) is 5.75 Å². The van der Waals surface area contributed by atoms with Crippen LogP contribution in [0, 0.1) is 5.92 Å². The number of rotatable bonds is 3. The summed E-state index contributed by atoms with van der Waals surface area (Å²) in [5, 5.41) is 0. The number of methoxy groups -OCH3 is 1. The molecule has 0 aromatic heterocycles. The topological polar surface area (TPSA) is 9.23 Å². The van der Waals surface area contributed by atoms with Crippen LogP contribution in [0.1, 0.15) is 47.1 Å². The molecule has 0 aliphatic heterocycles. The monoisotopic (exact) mass is 270 g/mol. The van der Waals surface area contributed by atoms with Gasteiger partial charge in [-0.15, -0.1) is 0 Å². The van der Waals surface area contributed by atoms with E-state index in [-0.39, 0.29) is 5.41 Å². The first kappa shape index (κ1) is 14.9. The molecule has 1 aromatic rings. The lowest BCUT2D eigenvalue weighted by Gasteiger charge is -2.30. The Morgan fingerprint density at radius 1 is 1.05 bits per heavy atom. The molecule has 20 heavy (non-hydrogen) atoms. The van der Waals surface area contributed by atoms with Gasteiger partial charge in [0.25, 0.3) is 0 Å². The first-order valence-corrected chi connectivity index (χ1v) is 7.34. The summed E-state index contributed by atoms with van der Waals surface area (Å²) in [7, 11) is 1.73. The Morgan fingerprint density at radius 3 is 2.20 bits per heavy atom. The van der Waals surface area contributed by atoms with E-state index in [1.165, 1.54) is 27.9 Å². The molecule has 1 heteroatoms. The second-order valence-corrected chi connectivity index (χ2v) is 6.44. The third-order valence-corrected chi connectivity index (χ3v) is 5.08. The Kier molecular flexibility index (Phi) is 3.82. The van der Waals surface area contributed by atoms with Crippen molar-refractivity contribution >= 4 is 0 Å². The Labute approximate surface area is 123 Å². The van der Waals surface area contributed by atoms with Crippen LogP contribution in [0.25, 0.3) is 0 Å². The molecule has 0 amide bonds. The van der Waals surface area contributed by atoms with Crippen molar-refractivity contribution in [1.29, 1.82) is 0 Å². The first-order valence-electron chi connectivity index (χ1n) is 7.34. The highest BCUT2D eigenvalue weighted by atomic mass is 16.5. The van der Waals surface area contributed by atoms with Gasteiger partial charge in [0.15, 0.2) is 0 Å². The van der Waals surface area contributed by atoms with Crippen LogP contribution in [-0.4, -0.2) is 7.11 Å². The lowest BCUT2D eigenvalue weighted by Crippen LogP contribution is -2.21. The van der Waals surface area contributed by atoms with Crippen molar-refractivity contribution in [2.24, 2.45) is 5.92 Å². The maximum atomic E-state index is 5.38. The Bertz CT molecular complexity index is 588. The van der Waals surface area contributed by atoms with Crippen molar-refractivity contribution in [3.63, 3.8) is 0 Å². The maximum Gasteiger partial charge on any atom is 0.119 e. The van der Waals surface area contributed by atoms with Gasteiger partial charge in [-0.25, -0.2) is 0 Å². The molecule has 0 bridgehead atoms. The summed E-state index contributed by atoms with van der Waals surface area (Å²) in [6.07, 6.45) is 0. The van der Waals surface area contributed by atoms with Crippen molar-refractivity contribution in [2.45, 2.75) is 47.0 Å². The average Bonchev–Trinajstić information content (AvgIpc) is 2.63. The standard InChI is InChI=1S/C19H26O/c1-12-13(2)15(4)18(14(12)3)19(5,6)16-9-8-10-17(11-16)20-7/h8-12H,1-7H3. The molecule has 0 saturated carbocycles. The van der Waals surface area contributed by atoms with Crippen molar-refractivity contribution < 1.29 is 4.74 Å². The smallest absolute Gasteiger partial charge is 0.119 e. The SMILES string of the molecule is COc1cccc(C(C)(C)C2=C(C)C(C)C(C)=C2C)c1. The molecule has 0 fully saturated rings. The summed E-state index contributed by atoms with van der Waals surface area (Å²) in [5.74, 6) is 1.49. The summed E-state index contributed by atoms with van der Waals surface area (Å²) in [5.41, 5.74) is 7.29. The van der Waals surface area contributed by atoms with Crippen molar-refractivity contribution in [1.82, 2.24) is 0 Å². The molecule has 1 atom stereocenters. The van der Waals surface area contributed by atoms with Gasteiger partial charge in [-0.2, -0.15) is 0 Å². The lowest BCUT2D eigenvalue weighted by atomic mass is 9.74. The van der Waals surface area contributed by atoms with Gasteiger partial charge in [-0.3, -0.25) is 0 Å². The molecule has 2 rings (SSSR count). The summed E-state index contributed by atoms with van der Waals surface area (Å²) < 4.78 is 5.38. The highest BCUT2D eigenvalue weighted by Crippen LogP contribution is 2.46. The Morgan fingerprint density at radius 2 is 1.70 bits per heavy atom. The van der Waals surface area contributed by atoms with Gasteiger partial charge in [0.2, 0.25) is 0 Å². The predicted octanol–water partition coefficient (Wildman–Crippen LogP) is 5.28. The van der Waals surface area contributed by atoms with E-state index in [4.69, 9.17) is 4.74 Å². The van der Waals surface area contributed by atoms with Crippen LogP contribution in [0.3, 0.4) is 0 Å². The van der Waals surface area contributed by atoms with Crippen molar-refractivity contribution in [3.8, 4) is 5.75 Å². The molecule has 0 N–H and O–H groups in total. The fourth-order valence-electron chi connectivity index (χ4n) is 3.48. The van der Waals surface area contributed by atoms with E-state index in [0.29, 0.717) is 5.92 Å². The number of ether oxygens (including phenoxy) is 1. The quantitative estimate of drug-likeness (QED) is 0.726. The fraction of sp³-hybridized carbons (Fsp3) is 0.474. The van der Waals surface area contributed by atoms with Crippen LogP contribution >= 0.6 is 0 Å². The van der Waals surface area contributed by atoms with Crippen LogP contribution in [0.5, 0.6) is 5.75 Å². The molecule has 0 heterocycles. The van der Waals surface area contributed by atoms with E-state index in [1.807, 2.05) is 6.07 Å². The van der Waals surface area contributed by atoms with Gasteiger partial charge in [0.05, 0.1) is 7.11 Å². The largest absolute Gasteiger partial charge is 0.497 e. The van der Waals surface area contributed by atoms with Gasteiger partial charge in [-0.1, -0.05) is 44.1 Å². The number of allylic oxidation sites excluding steroid dienone is 4. The molecule has 1 aliphatic rings. The second-order valence-electron chi connectivity index (χ2n) is 6.44. The van der Waals surface area contributed by atoms with Crippen LogP contribution in [0.4, 0.5) is 0 Å². The zero-order chi connectivity index (χ0) is 15.1. The molecule has 0 radical (unpaired) electrons. The van der Waals surface area contributed by atoms with Gasteiger partial charge in [0, 0.05) is 5.41 Å². The lowest BCUT2D eigenvalue weighted by molar-refractivity contribution is 0.413. The van der Waals surface area contributed by atoms with Crippen LogP contribution in [-0.2, 0) is 5.41 Å². The fourth-order valence-corrected chi connectivity index (χ4v) is 3.48. The highest BCUT2D eigenvalue weighted by Gasteiger charge is 2.34. The van der Waals surface area contributed by atoms with Crippen LogP contribution < -0.4 is 4.74 Å². The average molecular weight is 270 g/mol. The zero-order valence-corrected chi connectivity index (χ0v) is 13.8. The Hall–Kier alpha value is -1.50. The van der Waals surface area contributed by atoms with Crippen LogP contribution in [0.2, 0.25) is 0 Å². The van der Waals surface area contributed by atoms with Gasteiger partial charge < -0.3 is 4.74 Å². The predicted molar refractivity (Wildman–Crippen MR) is 86.3 cm³/mol. The van der Waals surface area contributed by atoms with E-state index >= 15 is 0 Å². The van der Waals surface area contributed by atoms with E-state index in [0.717, 1.165) is 5.75 Å². The van der Waals surface area contributed by atoms with E-state index < -0.39 is 0 Å². The normalized spacial score (nSPS) is 19.9. The third-order valence-electron chi connectivity index (χ3n) is 5.08. The molecular formula is C19H26O. The minimum Gasteiger partial charge on any atom is -0.497 e. The third kappa shape index (κ3) is 2.19. The molecule has 0 saturated heterocycles. The summed E-state index contributed by atoms with van der Waals surface area (Å²) >= 11 is 0. The molecule has 108 valence electrons. The molecule has 1 aromatic carbocycles. The second kappa shape index (κ2) is 5.12. The molecule has 0 spiro atoms. The molecule has 1 unspecified atom stereocenters. The van der Waals surface area contributed by atoms with E-state index in [2.05, 4.69) is 59.7 Å². The Balaban J connectivity index is 2.55. The van der Waals surface area contributed by atoms with Gasteiger partial charge in [-0.05, 0) is 55.5 Å². The van der Waals surface area contributed by atoms with Gasteiger partial charge >= 0.3 is 0 Å². The minimum absolute atomic E-state index is 0.00866. The van der Waals surface area contributed by atoms with Crippen LogP contribution in [0.15, 0.2) is 46.6 Å². The number of benzene rings is 1. The highest BCUT2D eigenvalue weighted by molar-refractivity contribution is 5.55. The summed E-state index contributed by atoms with van der Waals surface area (Å²) in [4.78, 5) is 0. The van der Waals surface area contributed by atoms with Crippen molar-refractivity contribution in [3.05, 3.63) is 52.1 Å².